The number of rotatable bonds is 5. The van der Waals surface area contributed by atoms with Gasteiger partial charge in [0.25, 0.3) is 0 Å². The molecule has 6 heteroatoms. The Morgan fingerprint density at radius 1 is 1.52 bits per heavy atom. The van der Waals surface area contributed by atoms with Crippen molar-refractivity contribution in [3.8, 4) is 11.5 Å². The molecule has 0 bridgehead atoms. The molecule has 110 valence electrons. The smallest absolute Gasteiger partial charge is 0.186 e. The van der Waals surface area contributed by atoms with Gasteiger partial charge in [-0.3, -0.25) is 9.48 Å². The van der Waals surface area contributed by atoms with Crippen molar-refractivity contribution in [1.82, 2.24) is 9.78 Å². The number of hydrogen-bond donors (Lipinski definition) is 1. The zero-order valence-electron chi connectivity index (χ0n) is 11.7. The van der Waals surface area contributed by atoms with Crippen molar-refractivity contribution in [2.24, 2.45) is 0 Å². The summed E-state index contributed by atoms with van der Waals surface area (Å²) in [5, 5.41) is 13.8. The van der Waals surface area contributed by atoms with E-state index >= 15 is 0 Å². The molecule has 0 saturated heterocycles. The van der Waals surface area contributed by atoms with Crippen molar-refractivity contribution in [3.05, 3.63) is 46.2 Å². The third-order valence-corrected chi connectivity index (χ3v) is 3.54. The van der Waals surface area contributed by atoms with Gasteiger partial charge in [-0.05, 0) is 53.2 Å². The Labute approximate surface area is 131 Å². The second kappa shape index (κ2) is 6.58. The molecule has 0 fully saturated rings. The Kier molecular flexibility index (Phi) is 4.80. The number of aromatic hydroxyl groups is 1. The first-order chi connectivity index (χ1) is 10.0. The first-order valence-electron chi connectivity index (χ1n) is 6.37. The molecule has 0 atom stereocenters. The maximum Gasteiger partial charge on any atom is 0.186 e. The molecule has 1 aromatic carbocycles. The Morgan fingerprint density at radius 2 is 2.29 bits per heavy atom. The highest BCUT2D eigenvalue weighted by Gasteiger charge is 2.08. The summed E-state index contributed by atoms with van der Waals surface area (Å²) < 4.78 is 7.59. The van der Waals surface area contributed by atoms with Crippen LogP contribution < -0.4 is 4.74 Å². The molecule has 1 aromatic heterocycles. The molecule has 0 radical (unpaired) electrons. The molecule has 0 saturated carbocycles. The van der Waals surface area contributed by atoms with E-state index in [1.54, 1.807) is 16.8 Å². The lowest BCUT2D eigenvalue weighted by molar-refractivity contribution is 0.104. The van der Waals surface area contributed by atoms with Crippen LogP contribution in [-0.2, 0) is 6.54 Å². The van der Waals surface area contributed by atoms with E-state index < -0.39 is 0 Å². The summed E-state index contributed by atoms with van der Waals surface area (Å²) in [5.74, 6) is 0.0828. The number of phenols is 1. The predicted octanol–water partition coefficient (Wildman–Crippen LogP) is 3.28. The van der Waals surface area contributed by atoms with Gasteiger partial charge in [-0.1, -0.05) is 0 Å². The summed E-state index contributed by atoms with van der Waals surface area (Å²) in [6.45, 7) is 2.75. The second-order valence-corrected chi connectivity index (χ2v) is 5.16. The van der Waals surface area contributed by atoms with Gasteiger partial charge in [0.05, 0.1) is 17.3 Å². The van der Waals surface area contributed by atoms with Gasteiger partial charge in [0.2, 0.25) is 0 Å². The first kappa shape index (κ1) is 15.3. The minimum Gasteiger partial charge on any atom is -0.504 e. The van der Waals surface area contributed by atoms with E-state index in [0.29, 0.717) is 11.3 Å². The number of carbonyl (C=O) groups is 1. The van der Waals surface area contributed by atoms with Gasteiger partial charge in [0.1, 0.15) is 0 Å². The Hall–Kier alpha value is -2.08. The maximum absolute atomic E-state index is 12.1. The lowest BCUT2D eigenvalue weighted by Crippen LogP contribution is -1.96. The van der Waals surface area contributed by atoms with Gasteiger partial charge in [0, 0.05) is 18.3 Å². The van der Waals surface area contributed by atoms with E-state index in [2.05, 4.69) is 21.0 Å². The fourth-order valence-electron chi connectivity index (χ4n) is 1.77. The van der Waals surface area contributed by atoms with Crippen molar-refractivity contribution in [1.29, 1.82) is 0 Å². The SMILES string of the molecule is CCn1cc(Br)c(/C=C/C(=O)c2ccc(O)c(OC)c2)n1. The van der Waals surface area contributed by atoms with Crippen LogP contribution in [0.15, 0.2) is 34.9 Å². The lowest BCUT2D eigenvalue weighted by atomic mass is 10.1. The number of ketones is 1. The van der Waals surface area contributed by atoms with Gasteiger partial charge in [-0.2, -0.15) is 5.10 Å². The molecule has 5 nitrogen and oxygen atoms in total. The predicted molar refractivity (Wildman–Crippen MR) is 83.6 cm³/mol. The van der Waals surface area contributed by atoms with Crippen molar-refractivity contribution in [2.45, 2.75) is 13.5 Å². The molecule has 0 spiro atoms. The second-order valence-electron chi connectivity index (χ2n) is 4.30. The fraction of sp³-hybridized carbons (Fsp3) is 0.200. The largest absolute Gasteiger partial charge is 0.504 e. The molecule has 21 heavy (non-hydrogen) atoms. The summed E-state index contributed by atoms with van der Waals surface area (Å²) in [4.78, 5) is 12.1. The van der Waals surface area contributed by atoms with Crippen LogP contribution in [-0.4, -0.2) is 27.8 Å². The Morgan fingerprint density at radius 3 is 2.90 bits per heavy atom. The standard InChI is InChI=1S/C15H15BrN2O3/c1-3-18-9-11(16)12(17-18)5-7-13(19)10-4-6-14(20)15(8-10)21-2/h4-9,20H,3H2,1-2H3/b7-5+. The van der Waals surface area contributed by atoms with Crippen LogP contribution in [0.5, 0.6) is 11.5 Å². The van der Waals surface area contributed by atoms with E-state index in [1.807, 2.05) is 13.1 Å². The van der Waals surface area contributed by atoms with Crippen molar-refractivity contribution in [3.63, 3.8) is 0 Å². The Bertz CT molecular complexity index is 692. The minimum absolute atomic E-state index is 0.00228. The monoisotopic (exact) mass is 350 g/mol. The van der Waals surface area contributed by atoms with Crippen LogP contribution in [0.1, 0.15) is 23.0 Å². The van der Waals surface area contributed by atoms with Crippen LogP contribution in [0.2, 0.25) is 0 Å². The molecule has 0 unspecified atom stereocenters. The molecule has 2 rings (SSSR count). The van der Waals surface area contributed by atoms with Gasteiger partial charge in [-0.15, -0.1) is 0 Å². The lowest BCUT2D eigenvalue weighted by Gasteiger charge is -2.04. The highest BCUT2D eigenvalue weighted by atomic mass is 79.9. The highest BCUT2D eigenvalue weighted by molar-refractivity contribution is 9.10. The highest BCUT2D eigenvalue weighted by Crippen LogP contribution is 2.26. The summed E-state index contributed by atoms with van der Waals surface area (Å²) in [7, 11) is 1.44. The number of halogens is 1. The number of carbonyl (C=O) groups excluding carboxylic acids is 1. The summed E-state index contributed by atoms with van der Waals surface area (Å²) in [5.41, 5.74) is 1.13. The van der Waals surface area contributed by atoms with Crippen LogP contribution in [0.4, 0.5) is 0 Å². The number of nitrogens with zero attached hydrogens (tertiary/aromatic N) is 2. The third kappa shape index (κ3) is 3.52. The molecule has 0 amide bonds. The van der Waals surface area contributed by atoms with Gasteiger partial charge < -0.3 is 9.84 Å². The number of benzene rings is 1. The average Bonchev–Trinajstić information content (AvgIpc) is 2.85. The topological polar surface area (TPSA) is 64.4 Å². The van der Waals surface area contributed by atoms with E-state index in [1.165, 1.54) is 25.3 Å². The van der Waals surface area contributed by atoms with Gasteiger partial charge >= 0.3 is 0 Å². The third-order valence-electron chi connectivity index (χ3n) is 2.92. The molecular weight excluding hydrogens is 336 g/mol. The number of phenolic OH excluding ortho intramolecular Hbond substituents is 1. The fourth-order valence-corrected chi connectivity index (χ4v) is 2.22. The molecular formula is C15H15BrN2O3. The van der Waals surface area contributed by atoms with E-state index in [4.69, 9.17) is 4.74 Å². The van der Waals surface area contributed by atoms with Crippen molar-refractivity contribution >= 4 is 27.8 Å². The number of methoxy groups -OCH3 is 1. The van der Waals surface area contributed by atoms with Gasteiger partial charge in [-0.25, -0.2) is 0 Å². The Balaban J connectivity index is 2.20. The van der Waals surface area contributed by atoms with Crippen LogP contribution in [0.3, 0.4) is 0 Å². The zero-order valence-corrected chi connectivity index (χ0v) is 13.3. The number of allylic oxidation sites excluding steroid dienone is 1. The van der Waals surface area contributed by atoms with E-state index in [-0.39, 0.29) is 17.3 Å². The van der Waals surface area contributed by atoms with E-state index in [0.717, 1.165) is 11.0 Å². The maximum atomic E-state index is 12.1. The van der Waals surface area contributed by atoms with Crippen LogP contribution in [0.25, 0.3) is 6.08 Å². The molecule has 0 aliphatic heterocycles. The number of ether oxygens (including phenoxy) is 1. The molecule has 0 aliphatic carbocycles. The quantitative estimate of drug-likeness (QED) is 0.663. The molecule has 1 N–H and O–H groups in total. The number of aryl methyl sites for hydroxylation is 1. The van der Waals surface area contributed by atoms with Crippen LogP contribution in [0, 0.1) is 0 Å². The molecule has 1 heterocycles. The minimum atomic E-state index is -0.189. The van der Waals surface area contributed by atoms with Gasteiger partial charge in [0.15, 0.2) is 17.3 Å². The molecule has 0 aliphatic rings. The number of hydrogen-bond acceptors (Lipinski definition) is 4. The van der Waals surface area contributed by atoms with Crippen molar-refractivity contribution in [2.75, 3.05) is 7.11 Å². The zero-order chi connectivity index (χ0) is 15.4. The normalized spacial score (nSPS) is 11.0. The van der Waals surface area contributed by atoms with E-state index in [9.17, 15) is 9.90 Å². The number of aromatic nitrogens is 2. The molecule has 2 aromatic rings. The summed E-state index contributed by atoms with van der Waals surface area (Å²) in [6, 6.07) is 4.48. The van der Waals surface area contributed by atoms with Crippen LogP contribution >= 0.6 is 15.9 Å². The summed E-state index contributed by atoms with van der Waals surface area (Å²) >= 11 is 3.40. The summed E-state index contributed by atoms with van der Waals surface area (Å²) in [6.07, 6.45) is 4.95. The average molecular weight is 351 g/mol. The first-order valence-corrected chi connectivity index (χ1v) is 7.16. The van der Waals surface area contributed by atoms with Crippen molar-refractivity contribution < 1.29 is 14.6 Å².